The van der Waals surface area contributed by atoms with Gasteiger partial charge in [0.15, 0.2) is 0 Å². The molecule has 88 valence electrons. The van der Waals surface area contributed by atoms with Gasteiger partial charge in [-0.25, -0.2) is 4.79 Å². The molecule has 0 bridgehead atoms. The predicted molar refractivity (Wildman–Crippen MR) is 36.2 cm³/mol. The number of ether oxygens (including phenoxy) is 1. The molecule has 0 N–H and O–H groups in total. The second kappa shape index (κ2) is 3.76. The van der Waals surface area contributed by atoms with Gasteiger partial charge in [-0.3, -0.25) is 0 Å². The van der Waals surface area contributed by atoms with Crippen LogP contribution in [0.3, 0.4) is 0 Å². The van der Waals surface area contributed by atoms with Crippen LogP contribution in [-0.2, 0) is 19.8 Å². The lowest BCUT2D eigenvalue weighted by molar-refractivity contribution is -0.299. The van der Waals surface area contributed by atoms with E-state index >= 15 is 0 Å². The number of rotatable bonds is 4. The van der Waals surface area contributed by atoms with Gasteiger partial charge in [0.05, 0.1) is 0 Å². The zero-order valence-electron chi connectivity index (χ0n) is 6.72. The summed E-state index contributed by atoms with van der Waals surface area (Å²) >= 11 is 0. The third-order valence-electron chi connectivity index (χ3n) is 1.04. The summed E-state index contributed by atoms with van der Waals surface area (Å²) in [5.41, 5.74) is 0. The molecule has 0 aromatic carbocycles. The average Bonchev–Trinajstić information content (AvgIpc) is 2.00. The fourth-order valence-electron chi connectivity index (χ4n) is 0.369. The Morgan fingerprint density at radius 3 is 1.93 bits per heavy atom. The highest BCUT2D eigenvalue weighted by Gasteiger charge is 2.70. The summed E-state index contributed by atoms with van der Waals surface area (Å²) in [5, 5.41) is -6.15. The van der Waals surface area contributed by atoms with Crippen LogP contribution < -0.4 is 0 Å². The number of carbonyl (C=O) groups excluding carboxylic acids is 1. The molecule has 0 atom stereocenters. The number of alkyl halides is 4. The van der Waals surface area contributed by atoms with E-state index < -0.39 is 27.6 Å². The molecule has 10 heteroatoms. The molecule has 0 saturated carbocycles. The maximum atomic E-state index is 12.3. The van der Waals surface area contributed by atoms with Gasteiger partial charge in [-0.15, -0.1) is 0 Å². The van der Waals surface area contributed by atoms with Crippen molar-refractivity contribution in [1.82, 2.24) is 0 Å². The van der Waals surface area contributed by atoms with E-state index in [-0.39, 0.29) is 6.08 Å². The summed E-state index contributed by atoms with van der Waals surface area (Å²) in [7, 11) is -6.91. The van der Waals surface area contributed by atoms with Crippen LogP contribution in [0.25, 0.3) is 0 Å². The van der Waals surface area contributed by atoms with Gasteiger partial charge in [0.2, 0.25) is 0 Å². The van der Waals surface area contributed by atoms with Crippen LogP contribution in [0, 0.1) is 0 Å². The third-order valence-corrected chi connectivity index (χ3v) is 1.89. The van der Waals surface area contributed by atoms with Gasteiger partial charge in [0.25, 0.3) is 0 Å². The summed E-state index contributed by atoms with van der Waals surface area (Å²) in [5.74, 6) is -2.02. The summed E-state index contributed by atoms with van der Waals surface area (Å²) in [4.78, 5) is 10.1. The normalized spacial score (nSPS) is 13.4. The van der Waals surface area contributed by atoms with Crippen LogP contribution in [-0.4, -0.2) is 25.8 Å². The van der Waals surface area contributed by atoms with Crippen molar-refractivity contribution < 1.29 is 39.4 Å². The van der Waals surface area contributed by atoms with Crippen molar-refractivity contribution in [2.45, 2.75) is 11.4 Å². The Morgan fingerprint density at radius 1 is 1.27 bits per heavy atom. The molecule has 4 nitrogen and oxygen atoms in total. The first kappa shape index (κ1) is 13.8. The molecule has 0 aliphatic heterocycles. The van der Waals surface area contributed by atoms with Crippen molar-refractivity contribution in [1.29, 1.82) is 0 Å². The maximum Gasteiger partial charge on any atom is 0.485 e. The molecule has 0 unspecified atom stereocenters. The molecule has 15 heavy (non-hydrogen) atoms. The van der Waals surface area contributed by atoms with E-state index in [2.05, 4.69) is 11.3 Å². The molecule has 0 amide bonds. The van der Waals surface area contributed by atoms with Gasteiger partial charge in [-0.1, -0.05) is 10.5 Å². The standard InChI is InChI=1S/C5H3F5O4S/c1-2-3(11)14-4(6,7)5(8,9)15(10,12)13/h2H,1H2. The van der Waals surface area contributed by atoms with Crippen LogP contribution >= 0.6 is 0 Å². The Balaban J connectivity index is 5.20. The highest BCUT2D eigenvalue weighted by molar-refractivity contribution is 7.87. The predicted octanol–water partition coefficient (Wildman–Crippen LogP) is 1.20. The molecular formula is C5H3F5O4S. The van der Waals surface area contributed by atoms with E-state index in [9.17, 15) is 34.7 Å². The second-order valence-corrected chi connectivity index (χ2v) is 3.49. The summed E-state index contributed by atoms with van der Waals surface area (Å²) in [6.45, 7) is 2.59. The van der Waals surface area contributed by atoms with Crippen molar-refractivity contribution in [3.63, 3.8) is 0 Å². The van der Waals surface area contributed by atoms with Gasteiger partial charge < -0.3 is 4.74 Å². The summed E-state index contributed by atoms with van der Waals surface area (Å²) in [6.07, 6.45) is -5.74. The smallest absolute Gasteiger partial charge is 0.392 e. The van der Waals surface area contributed by atoms with Gasteiger partial charge in [0.1, 0.15) is 0 Å². The van der Waals surface area contributed by atoms with Gasteiger partial charge in [0, 0.05) is 6.08 Å². The quantitative estimate of drug-likeness (QED) is 0.327. The highest BCUT2D eigenvalue weighted by atomic mass is 32.3. The Kier molecular flexibility index (Phi) is 3.46. The lowest BCUT2D eigenvalue weighted by Gasteiger charge is -2.21. The zero-order valence-corrected chi connectivity index (χ0v) is 7.53. The lowest BCUT2D eigenvalue weighted by atomic mass is 10.6. The van der Waals surface area contributed by atoms with E-state index in [4.69, 9.17) is 0 Å². The highest BCUT2D eigenvalue weighted by Crippen LogP contribution is 2.40. The van der Waals surface area contributed by atoms with Crippen LogP contribution in [0.4, 0.5) is 21.4 Å². The summed E-state index contributed by atoms with van der Waals surface area (Å²) < 4.78 is 82.7. The molecular weight excluding hydrogens is 251 g/mol. The minimum atomic E-state index is -6.91. The van der Waals surface area contributed by atoms with Crippen LogP contribution in [0.5, 0.6) is 0 Å². The van der Waals surface area contributed by atoms with Crippen molar-refractivity contribution in [3.05, 3.63) is 12.7 Å². The molecule has 0 spiro atoms. The van der Waals surface area contributed by atoms with E-state index in [0.29, 0.717) is 0 Å². The average molecular weight is 254 g/mol. The van der Waals surface area contributed by atoms with Gasteiger partial charge in [-0.05, 0) is 0 Å². The number of carbonyl (C=O) groups is 1. The fraction of sp³-hybridized carbons (Fsp3) is 0.400. The van der Waals surface area contributed by atoms with E-state index in [1.54, 1.807) is 0 Å². The maximum absolute atomic E-state index is 12.3. The molecule has 0 aliphatic rings. The van der Waals surface area contributed by atoms with Crippen LogP contribution in [0.1, 0.15) is 0 Å². The van der Waals surface area contributed by atoms with E-state index in [1.807, 2.05) is 0 Å². The van der Waals surface area contributed by atoms with Gasteiger partial charge in [-0.2, -0.15) is 26.0 Å². The Morgan fingerprint density at radius 2 is 1.67 bits per heavy atom. The van der Waals surface area contributed by atoms with E-state index in [0.717, 1.165) is 0 Å². The Bertz CT molecular complexity index is 373. The van der Waals surface area contributed by atoms with Crippen molar-refractivity contribution in [2.75, 3.05) is 0 Å². The van der Waals surface area contributed by atoms with Gasteiger partial charge >= 0.3 is 27.6 Å². The van der Waals surface area contributed by atoms with Crippen molar-refractivity contribution >= 4 is 16.2 Å². The minimum Gasteiger partial charge on any atom is -0.392 e. The Labute approximate surface area is 80.5 Å². The molecule has 0 radical (unpaired) electrons. The first-order valence-corrected chi connectivity index (χ1v) is 4.39. The van der Waals surface area contributed by atoms with Crippen molar-refractivity contribution in [3.8, 4) is 0 Å². The molecule has 0 aliphatic carbocycles. The van der Waals surface area contributed by atoms with Crippen molar-refractivity contribution in [2.24, 2.45) is 0 Å². The first-order chi connectivity index (χ1) is 6.45. The second-order valence-electron chi connectivity index (χ2n) is 2.10. The van der Waals surface area contributed by atoms with E-state index in [1.165, 1.54) is 0 Å². The number of hydrogen-bond acceptors (Lipinski definition) is 4. The molecule has 0 aromatic heterocycles. The monoisotopic (exact) mass is 254 g/mol. The molecule has 0 rings (SSSR count). The van der Waals surface area contributed by atoms with Crippen LogP contribution in [0.2, 0.25) is 0 Å². The third kappa shape index (κ3) is 2.64. The zero-order chi connectivity index (χ0) is 12.5. The number of esters is 1. The molecule has 0 heterocycles. The number of hydrogen-bond donors (Lipinski definition) is 0. The lowest BCUT2D eigenvalue weighted by Crippen LogP contribution is -2.48. The topological polar surface area (TPSA) is 60.4 Å². The first-order valence-electron chi connectivity index (χ1n) is 3.01. The number of halogens is 5. The summed E-state index contributed by atoms with van der Waals surface area (Å²) in [6, 6.07) is 0. The fourth-order valence-corrected chi connectivity index (χ4v) is 0.695. The largest absolute Gasteiger partial charge is 0.485 e. The SMILES string of the molecule is C=CC(=O)OC(F)(F)C(F)(F)S(=O)(=O)F. The molecule has 0 saturated heterocycles. The Hall–Kier alpha value is -1.19. The minimum absolute atomic E-state index is 0.0782. The molecule has 0 aromatic rings. The molecule has 0 fully saturated rings. The van der Waals surface area contributed by atoms with Crippen LogP contribution in [0.15, 0.2) is 12.7 Å².